The van der Waals surface area contributed by atoms with Crippen LogP contribution in [0.1, 0.15) is 43.7 Å². The Hall–Kier alpha value is -1.42. The van der Waals surface area contributed by atoms with Gasteiger partial charge in [-0.25, -0.2) is 4.39 Å². The van der Waals surface area contributed by atoms with E-state index in [1.165, 1.54) is 6.07 Å². The van der Waals surface area contributed by atoms with Crippen molar-refractivity contribution < 1.29 is 14.3 Å². The highest BCUT2D eigenvalue weighted by Gasteiger charge is 2.41. The Morgan fingerprint density at radius 3 is 2.74 bits per heavy atom. The first-order chi connectivity index (χ1) is 9.11. The van der Waals surface area contributed by atoms with Crippen molar-refractivity contribution in [2.24, 2.45) is 5.41 Å². The van der Waals surface area contributed by atoms with E-state index in [9.17, 15) is 9.18 Å². The average Bonchev–Trinajstić information content (AvgIpc) is 2.37. The summed E-state index contributed by atoms with van der Waals surface area (Å²) in [5, 5.41) is 11.9. The Morgan fingerprint density at radius 1 is 1.47 bits per heavy atom. The van der Waals surface area contributed by atoms with Crippen LogP contribution in [0.5, 0.6) is 0 Å². The van der Waals surface area contributed by atoms with Gasteiger partial charge in [0.1, 0.15) is 5.82 Å². The molecule has 1 aliphatic rings. The molecule has 0 spiro atoms. The summed E-state index contributed by atoms with van der Waals surface area (Å²) in [6, 6.07) is 4.55. The summed E-state index contributed by atoms with van der Waals surface area (Å²) in [5.41, 5.74) is 0.893. The first kappa shape index (κ1) is 14.0. The van der Waals surface area contributed by atoms with Gasteiger partial charge >= 0.3 is 0 Å². The lowest BCUT2D eigenvalue weighted by Gasteiger charge is -2.39. The van der Waals surface area contributed by atoms with Crippen molar-refractivity contribution in [3.63, 3.8) is 0 Å². The summed E-state index contributed by atoms with van der Waals surface area (Å²) in [6.07, 6.45) is 3.90. The number of benzene rings is 1. The van der Waals surface area contributed by atoms with Crippen molar-refractivity contribution in [1.29, 1.82) is 0 Å². The zero-order valence-corrected chi connectivity index (χ0v) is 11.2. The molecule has 0 aliphatic heterocycles. The van der Waals surface area contributed by atoms with Gasteiger partial charge in [-0.05, 0) is 37.0 Å². The van der Waals surface area contributed by atoms with Crippen LogP contribution in [-0.4, -0.2) is 11.0 Å². The van der Waals surface area contributed by atoms with Gasteiger partial charge in [0.2, 0.25) is 5.91 Å². The number of amides is 1. The van der Waals surface area contributed by atoms with Crippen molar-refractivity contribution in [1.82, 2.24) is 5.32 Å². The summed E-state index contributed by atoms with van der Waals surface area (Å²) in [6.45, 7) is 2.10. The highest BCUT2D eigenvalue weighted by Crippen LogP contribution is 2.43. The lowest BCUT2D eigenvalue weighted by atomic mass is 9.66. The van der Waals surface area contributed by atoms with E-state index in [0.717, 1.165) is 31.2 Å². The minimum Gasteiger partial charge on any atom is -0.392 e. The fraction of sp³-hybridized carbons (Fsp3) is 0.533. The third-order valence-corrected chi connectivity index (χ3v) is 4.20. The van der Waals surface area contributed by atoms with Gasteiger partial charge in [0.15, 0.2) is 0 Å². The van der Waals surface area contributed by atoms with E-state index < -0.39 is 5.82 Å². The number of aliphatic hydroxyl groups excluding tert-OH is 1. The van der Waals surface area contributed by atoms with Gasteiger partial charge in [-0.15, -0.1) is 0 Å². The molecule has 1 aliphatic carbocycles. The third-order valence-electron chi connectivity index (χ3n) is 4.20. The summed E-state index contributed by atoms with van der Waals surface area (Å²) >= 11 is 0. The zero-order chi connectivity index (χ0) is 13.9. The average molecular weight is 265 g/mol. The molecule has 1 fully saturated rings. The van der Waals surface area contributed by atoms with E-state index in [4.69, 9.17) is 5.11 Å². The zero-order valence-electron chi connectivity index (χ0n) is 11.2. The molecule has 1 aromatic carbocycles. The predicted molar refractivity (Wildman–Crippen MR) is 70.7 cm³/mol. The molecule has 0 atom stereocenters. The van der Waals surface area contributed by atoms with Gasteiger partial charge in [0.05, 0.1) is 6.61 Å². The van der Waals surface area contributed by atoms with E-state index in [-0.39, 0.29) is 23.5 Å². The molecule has 0 aromatic heterocycles. The van der Waals surface area contributed by atoms with Crippen LogP contribution in [0, 0.1) is 11.2 Å². The molecular formula is C15H20FNO2. The Kier molecular flexibility index (Phi) is 4.20. The standard InChI is InChI=1S/C15H20FNO2/c1-2-15(6-3-7-15)14(19)17-9-11-4-5-13(16)12(8-11)10-18/h4-5,8,18H,2-3,6-7,9-10H2,1H3,(H,17,19). The summed E-state index contributed by atoms with van der Waals surface area (Å²) < 4.78 is 13.2. The molecule has 4 heteroatoms. The second-order valence-electron chi connectivity index (χ2n) is 5.25. The van der Waals surface area contributed by atoms with Crippen LogP contribution >= 0.6 is 0 Å². The number of hydrogen-bond acceptors (Lipinski definition) is 2. The molecule has 19 heavy (non-hydrogen) atoms. The van der Waals surface area contributed by atoms with Gasteiger partial charge < -0.3 is 10.4 Å². The van der Waals surface area contributed by atoms with Crippen LogP contribution in [0.3, 0.4) is 0 Å². The maximum Gasteiger partial charge on any atom is 0.226 e. The highest BCUT2D eigenvalue weighted by atomic mass is 19.1. The van der Waals surface area contributed by atoms with E-state index in [2.05, 4.69) is 5.32 Å². The minimum atomic E-state index is -0.415. The first-order valence-electron chi connectivity index (χ1n) is 6.78. The van der Waals surface area contributed by atoms with E-state index >= 15 is 0 Å². The molecule has 1 aromatic rings. The van der Waals surface area contributed by atoms with E-state index in [0.29, 0.717) is 6.54 Å². The third kappa shape index (κ3) is 2.78. The summed E-state index contributed by atoms with van der Waals surface area (Å²) in [7, 11) is 0. The molecule has 0 heterocycles. The molecule has 2 N–H and O–H groups in total. The lowest BCUT2D eigenvalue weighted by molar-refractivity contribution is -0.136. The molecule has 2 rings (SSSR count). The molecule has 3 nitrogen and oxygen atoms in total. The second kappa shape index (κ2) is 5.70. The Morgan fingerprint density at radius 2 is 2.21 bits per heavy atom. The van der Waals surface area contributed by atoms with Crippen LogP contribution in [0.15, 0.2) is 18.2 Å². The van der Waals surface area contributed by atoms with Crippen molar-refractivity contribution >= 4 is 5.91 Å². The molecule has 1 saturated carbocycles. The molecule has 0 bridgehead atoms. The smallest absolute Gasteiger partial charge is 0.226 e. The molecule has 0 saturated heterocycles. The number of nitrogens with one attached hydrogen (secondary N) is 1. The summed E-state index contributed by atoms with van der Waals surface area (Å²) in [5.74, 6) is -0.322. The molecule has 0 unspecified atom stereocenters. The Bertz CT molecular complexity index is 464. The Labute approximate surface area is 112 Å². The van der Waals surface area contributed by atoms with Crippen molar-refractivity contribution in [2.75, 3.05) is 0 Å². The van der Waals surface area contributed by atoms with Gasteiger partial charge in [0, 0.05) is 17.5 Å². The van der Waals surface area contributed by atoms with E-state index in [1.54, 1.807) is 12.1 Å². The number of hydrogen-bond donors (Lipinski definition) is 2. The van der Waals surface area contributed by atoms with Crippen LogP contribution in [0.25, 0.3) is 0 Å². The SMILES string of the molecule is CCC1(C(=O)NCc2ccc(F)c(CO)c2)CCC1. The van der Waals surface area contributed by atoms with Gasteiger partial charge in [-0.2, -0.15) is 0 Å². The maximum absolute atomic E-state index is 13.2. The highest BCUT2D eigenvalue weighted by molar-refractivity contribution is 5.83. The number of aliphatic hydroxyl groups is 1. The number of carbonyl (C=O) groups is 1. The van der Waals surface area contributed by atoms with Crippen molar-refractivity contribution in [3.8, 4) is 0 Å². The topological polar surface area (TPSA) is 49.3 Å². The largest absolute Gasteiger partial charge is 0.392 e. The van der Waals surface area contributed by atoms with Gasteiger partial charge in [-0.1, -0.05) is 19.4 Å². The fourth-order valence-corrected chi connectivity index (χ4v) is 2.57. The number of rotatable bonds is 5. The quantitative estimate of drug-likeness (QED) is 0.859. The molecule has 0 radical (unpaired) electrons. The van der Waals surface area contributed by atoms with Gasteiger partial charge in [-0.3, -0.25) is 4.79 Å². The van der Waals surface area contributed by atoms with Crippen LogP contribution in [0.2, 0.25) is 0 Å². The maximum atomic E-state index is 13.2. The van der Waals surface area contributed by atoms with Gasteiger partial charge in [0.25, 0.3) is 0 Å². The summed E-state index contributed by atoms with van der Waals surface area (Å²) in [4.78, 5) is 12.1. The predicted octanol–water partition coefficient (Wildman–Crippen LogP) is 2.51. The normalized spacial score (nSPS) is 16.8. The van der Waals surface area contributed by atoms with Crippen molar-refractivity contribution in [3.05, 3.63) is 35.1 Å². The molecular weight excluding hydrogens is 245 g/mol. The Balaban J connectivity index is 1.97. The van der Waals surface area contributed by atoms with Crippen molar-refractivity contribution in [2.45, 2.75) is 45.8 Å². The van der Waals surface area contributed by atoms with Crippen LogP contribution < -0.4 is 5.32 Å². The second-order valence-corrected chi connectivity index (χ2v) is 5.25. The lowest BCUT2D eigenvalue weighted by Crippen LogP contribution is -2.44. The fourth-order valence-electron chi connectivity index (χ4n) is 2.57. The minimum absolute atomic E-state index is 0.0936. The first-order valence-corrected chi connectivity index (χ1v) is 6.78. The molecule has 1 amide bonds. The monoisotopic (exact) mass is 265 g/mol. The molecule has 104 valence electrons. The number of halogens is 1. The number of carbonyl (C=O) groups excluding carboxylic acids is 1. The van der Waals surface area contributed by atoms with Crippen LogP contribution in [0.4, 0.5) is 4.39 Å². The van der Waals surface area contributed by atoms with E-state index in [1.807, 2.05) is 6.92 Å². The van der Waals surface area contributed by atoms with Crippen LogP contribution in [-0.2, 0) is 17.9 Å².